The lowest BCUT2D eigenvalue weighted by Gasteiger charge is -2.27. The van der Waals surface area contributed by atoms with Crippen molar-refractivity contribution in [3.05, 3.63) is 54.1 Å². The first-order chi connectivity index (χ1) is 12.3. The van der Waals surface area contributed by atoms with Gasteiger partial charge in [-0.2, -0.15) is 0 Å². The third-order valence-electron chi connectivity index (χ3n) is 3.91. The smallest absolute Gasteiger partial charge is 0.191 e. The molecule has 6 heteroatoms. The Balaban J connectivity index is 1.46. The Kier molecular flexibility index (Phi) is 5.61. The van der Waals surface area contributed by atoms with Gasteiger partial charge >= 0.3 is 0 Å². The normalized spacial score (nSPS) is 16.2. The maximum Gasteiger partial charge on any atom is 0.191 e. The van der Waals surface area contributed by atoms with Crippen molar-refractivity contribution < 1.29 is 14.2 Å². The third kappa shape index (κ3) is 4.56. The number of benzene rings is 2. The molecule has 1 atom stereocenters. The van der Waals surface area contributed by atoms with Crippen LogP contribution in [0.2, 0.25) is 0 Å². The van der Waals surface area contributed by atoms with Crippen LogP contribution in [0.15, 0.2) is 53.5 Å². The van der Waals surface area contributed by atoms with Crippen LogP contribution >= 0.6 is 0 Å². The minimum absolute atomic E-state index is 0.0607. The molecule has 2 aromatic rings. The SMILES string of the molecule is CN=C(NCc1ccc(OC)cc1)NCC1COc2ccccc2O1. The molecule has 1 unspecified atom stereocenters. The van der Waals surface area contributed by atoms with Gasteiger partial charge in [-0.25, -0.2) is 0 Å². The molecule has 0 saturated carbocycles. The molecule has 2 aromatic carbocycles. The van der Waals surface area contributed by atoms with Crippen molar-refractivity contribution in [2.45, 2.75) is 12.6 Å². The number of methoxy groups -OCH3 is 1. The van der Waals surface area contributed by atoms with Crippen molar-refractivity contribution in [1.29, 1.82) is 0 Å². The van der Waals surface area contributed by atoms with Crippen LogP contribution in [0.25, 0.3) is 0 Å². The Morgan fingerprint density at radius 1 is 1.12 bits per heavy atom. The lowest BCUT2D eigenvalue weighted by molar-refractivity contribution is 0.0936. The van der Waals surface area contributed by atoms with E-state index in [1.807, 2.05) is 48.5 Å². The Labute approximate surface area is 147 Å². The number of hydrogen-bond acceptors (Lipinski definition) is 4. The van der Waals surface area contributed by atoms with Crippen LogP contribution in [0.5, 0.6) is 17.2 Å². The number of guanidine groups is 1. The molecule has 0 saturated heterocycles. The van der Waals surface area contributed by atoms with E-state index in [2.05, 4.69) is 15.6 Å². The maximum atomic E-state index is 5.93. The van der Waals surface area contributed by atoms with Gasteiger partial charge in [0.2, 0.25) is 0 Å². The number of para-hydroxylation sites is 2. The van der Waals surface area contributed by atoms with Crippen molar-refractivity contribution in [3.63, 3.8) is 0 Å². The quantitative estimate of drug-likeness (QED) is 0.645. The first-order valence-corrected chi connectivity index (χ1v) is 8.24. The number of nitrogens with one attached hydrogen (secondary N) is 2. The molecule has 0 aromatic heterocycles. The number of nitrogens with zero attached hydrogens (tertiary/aromatic N) is 1. The van der Waals surface area contributed by atoms with Gasteiger partial charge in [0.1, 0.15) is 18.5 Å². The average Bonchev–Trinajstić information content (AvgIpc) is 2.68. The second kappa shape index (κ2) is 8.28. The molecule has 1 heterocycles. The lowest BCUT2D eigenvalue weighted by atomic mass is 10.2. The van der Waals surface area contributed by atoms with E-state index >= 15 is 0 Å². The molecule has 0 aliphatic carbocycles. The van der Waals surface area contributed by atoms with Crippen LogP contribution in [0.4, 0.5) is 0 Å². The van der Waals surface area contributed by atoms with E-state index in [-0.39, 0.29) is 6.10 Å². The van der Waals surface area contributed by atoms with Crippen molar-refractivity contribution in [2.75, 3.05) is 27.3 Å². The molecule has 25 heavy (non-hydrogen) atoms. The van der Waals surface area contributed by atoms with E-state index < -0.39 is 0 Å². The molecule has 3 rings (SSSR count). The summed E-state index contributed by atoms with van der Waals surface area (Å²) in [5.74, 6) is 3.14. The molecule has 0 spiro atoms. The number of ether oxygens (including phenoxy) is 3. The zero-order chi connectivity index (χ0) is 17.5. The van der Waals surface area contributed by atoms with Gasteiger partial charge < -0.3 is 24.8 Å². The van der Waals surface area contributed by atoms with Gasteiger partial charge in [-0.15, -0.1) is 0 Å². The van der Waals surface area contributed by atoms with E-state index in [0.29, 0.717) is 19.7 Å². The predicted octanol–water partition coefficient (Wildman–Crippen LogP) is 2.20. The summed E-state index contributed by atoms with van der Waals surface area (Å²) in [6.45, 7) is 1.80. The number of hydrogen-bond donors (Lipinski definition) is 2. The van der Waals surface area contributed by atoms with Crippen LogP contribution in [0.1, 0.15) is 5.56 Å². The summed E-state index contributed by atoms with van der Waals surface area (Å²) >= 11 is 0. The van der Waals surface area contributed by atoms with Gasteiger partial charge in [-0.1, -0.05) is 24.3 Å². The molecule has 2 N–H and O–H groups in total. The second-order valence-corrected chi connectivity index (χ2v) is 5.65. The van der Waals surface area contributed by atoms with E-state index in [1.165, 1.54) is 0 Å². The van der Waals surface area contributed by atoms with Gasteiger partial charge in [0, 0.05) is 13.6 Å². The first kappa shape index (κ1) is 17.0. The molecule has 1 aliphatic heterocycles. The predicted molar refractivity (Wildman–Crippen MR) is 97.5 cm³/mol. The average molecular weight is 341 g/mol. The second-order valence-electron chi connectivity index (χ2n) is 5.65. The molecule has 132 valence electrons. The molecule has 0 radical (unpaired) electrons. The van der Waals surface area contributed by atoms with Crippen LogP contribution in [0, 0.1) is 0 Å². The van der Waals surface area contributed by atoms with Gasteiger partial charge in [0.25, 0.3) is 0 Å². The fourth-order valence-corrected chi connectivity index (χ4v) is 2.52. The fraction of sp³-hybridized carbons (Fsp3) is 0.316. The summed E-state index contributed by atoms with van der Waals surface area (Å²) in [6.07, 6.45) is -0.0607. The molecule has 0 amide bonds. The highest BCUT2D eigenvalue weighted by Crippen LogP contribution is 2.30. The Morgan fingerprint density at radius 2 is 1.88 bits per heavy atom. The van der Waals surface area contributed by atoms with Crippen molar-refractivity contribution in [3.8, 4) is 17.2 Å². The summed E-state index contributed by atoms with van der Waals surface area (Å²) in [5.41, 5.74) is 1.15. The highest BCUT2D eigenvalue weighted by atomic mass is 16.6. The molecular formula is C19H23N3O3. The van der Waals surface area contributed by atoms with Crippen molar-refractivity contribution >= 4 is 5.96 Å². The molecule has 0 fully saturated rings. The first-order valence-electron chi connectivity index (χ1n) is 8.24. The highest BCUT2D eigenvalue weighted by Gasteiger charge is 2.20. The summed E-state index contributed by atoms with van der Waals surface area (Å²) in [5, 5.41) is 6.56. The zero-order valence-corrected chi connectivity index (χ0v) is 14.5. The Morgan fingerprint density at radius 3 is 2.60 bits per heavy atom. The van der Waals surface area contributed by atoms with Gasteiger partial charge in [-0.05, 0) is 29.8 Å². The van der Waals surface area contributed by atoms with Crippen molar-refractivity contribution in [2.24, 2.45) is 4.99 Å². The van der Waals surface area contributed by atoms with E-state index in [9.17, 15) is 0 Å². The van der Waals surface area contributed by atoms with Crippen LogP contribution in [0.3, 0.4) is 0 Å². The topological polar surface area (TPSA) is 64.1 Å². The monoisotopic (exact) mass is 341 g/mol. The zero-order valence-electron chi connectivity index (χ0n) is 14.5. The largest absolute Gasteiger partial charge is 0.497 e. The number of rotatable bonds is 5. The van der Waals surface area contributed by atoms with Crippen LogP contribution in [-0.2, 0) is 6.54 Å². The fourth-order valence-electron chi connectivity index (χ4n) is 2.52. The number of aliphatic imine (C=N–C) groups is 1. The molecule has 0 bridgehead atoms. The van der Waals surface area contributed by atoms with E-state index in [0.717, 1.165) is 28.8 Å². The Bertz CT molecular complexity index is 716. The van der Waals surface area contributed by atoms with Crippen molar-refractivity contribution in [1.82, 2.24) is 10.6 Å². The van der Waals surface area contributed by atoms with Crippen LogP contribution < -0.4 is 24.8 Å². The van der Waals surface area contributed by atoms with Gasteiger partial charge in [0.15, 0.2) is 17.5 Å². The molecular weight excluding hydrogens is 318 g/mol. The maximum absolute atomic E-state index is 5.93. The van der Waals surface area contributed by atoms with E-state index in [1.54, 1.807) is 14.2 Å². The van der Waals surface area contributed by atoms with E-state index in [4.69, 9.17) is 14.2 Å². The highest BCUT2D eigenvalue weighted by molar-refractivity contribution is 5.79. The Hall–Kier alpha value is -2.89. The summed E-state index contributed by atoms with van der Waals surface area (Å²) in [4.78, 5) is 4.24. The minimum Gasteiger partial charge on any atom is -0.497 e. The van der Waals surface area contributed by atoms with Gasteiger partial charge in [-0.3, -0.25) is 4.99 Å². The summed E-state index contributed by atoms with van der Waals surface area (Å²) < 4.78 is 16.8. The van der Waals surface area contributed by atoms with Gasteiger partial charge in [0.05, 0.1) is 13.7 Å². The standard InChI is InChI=1S/C19H23N3O3/c1-20-19(21-11-14-7-9-15(23-2)10-8-14)22-12-16-13-24-17-5-3-4-6-18(17)25-16/h3-10,16H,11-13H2,1-2H3,(H2,20,21,22). The summed E-state index contributed by atoms with van der Waals surface area (Å²) in [6, 6.07) is 15.6. The van der Waals surface area contributed by atoms with Crippen LogP contribution in [-0.4, -0.2) is 39.4 Å². The summed E-state index contributed by atoms with van der Waals surface area (Å²) in [7, 11) is 3.41. The minimum atomic E-state index is -0.0607. The molecule has 1 aliphatic rings. The molecule has 6 nitrogen and oxygen atoms in total. The lowest BCUT2D eigenvalue weighted by Crippen LogP contribution is -2.45. The number of fused-ring (bicyclic) bond motifs is 1. The third-order valence-corrected chi connectivity index (χ3v) is 3.91.